The van der Waals surface area contributed by atoms with Crippen molar-refractivity contribution in [2.45, 2.75) is 19.5 Å². The van der Waals surface area contributed by atoms with Gasteiger partial charge in [0.15, 0.2) is 5.78 Å². The Kier molecular flexibility index (Phi) is 7.45. The highest BCUT2D eigenvalue weighted by Gasteiger charge is 2.37. The summed E-state index contributed by atoms with van der Waals surface area (Å²) in [5.41, 5.74) is 2.66. The van der Waals surface area contributed by atoms with E-state index in [0.717, 1.165) is 27.1 Å². The molecule has 1 aromatic heterocycles. The van der Waals surface area contributed by atoms with Crippen LogP contribution in [0.1, 0.15) is 23.7 Å². The lowest BCUT2D eigenvalue weighted by molar-refractivity contribution is -0.0602. The van der Waals surface area contributed by atoms with Gasteiger partial charge >= 0.3 is 6.18 Å². The van der Waals surface area contributed by atoms with Gasteiger partial charge in [0.2, 0.25) is 5.13 Å². The van der Waals surface area contributed by atoms with Gasteiger partial charge < -0.3 is 4.74 Å². The fraction of sp³-hybridized carbons (Fsp3) is 0.190. The van der Waals surface area contributed by atoms with Crippen LogP contribution in [0.2, 0.25) is 0 Å². The largest absolute Gasteiger partial charge is 0.494 e. The van der Waals surface area contributed by atoms with Gasteiger partial charge in [-0.15, -0.1) is 11.3 Å². The van der Waals surface area contributed by atoms with E-state index >= 15 is 0 Å². The molecular formula is C21H17BrF3N3O2S. The van der Waals surface area contributed by atoms with E-state index < -0.39 is 24.1 Å². The summed E-state index contributed by atoms with van der Waals surface area (Å²) in [7, 11) is 0. The fourth-order valence-electron chi connectivity index (χ4n) is 2.55. The van der Waals surface area contributed by atoms with Gasteiger partial charge in [0.05, 0.1) is 18.7 Å². The molecule has 0 aliphatic carbocycles. The van der Waals surface area contributed by atoms with Crippen LogP contribution in [0.5, 0.6) is 5.75 Å². The highest BCUT2D eigenvalue weighted by atomic mass is 79.9. The first kappa shape index (κ1) is 23.0. The number of hydrogen-bond donors (Lipinski definition) is 1. The molecule has 0 bridgehead atoms. The number of thiazole rings is 1. The quantitative estimate of drug-likeness (QED) is 0.211. The van der Waals surface area contributed by atoms with E-state index in [-0.39, 0.29) is 10.7 Å². The number of ketones is 1. The zero-order valence-electron chi connectivity index (χ0n) is 16.2. The lowest BCUT2D eigenvalue weighted by Gasteiger charge is -2.10. The molecule has 31 heavy (non-hydrogen) atoms. The van der Waals surface area contributed by atoms with E-state index in [1.807, 2.05) is 19.1 Å². The number of halogens is 4. The molecule has 1 heterocycles. The normalized spacial score (nSPS) is 12.0. The van der Waals surface area contributed by atoms with Crippen molar-refractivity contribution >= 4 is 43.9 Å². The summed E-state index contributed by atoms with van der Waals surface area (Å²) >= 11 is 4.33. The second kappa shape index (κ2) is 10.1. The molecule has 0 aliphatic heterocycles. The molecule has 0 atom stereocenters. The van der Waals surface area contributed by atoms with Gasteiger partial charge in [-0.05, 0) is 43.3 Å². The predicted molar refractivity (Wildman–Crippen MR) is 119 cm³/mol. The minimum Gasteiger partial charge on any atom is -0.494 e. The van der Waals surface area contributed by atoms with E-state index in [0.29, 0.717) is 12.3 Å². The standard InChI is InChI=1S/C21H17BrF3N3O2S/c1-2-30-16-9-5-13(6-10-16)17-12-31-20(26-17)28-27-19(21(23,24)25)11-18(29)14-3-7-15(22)8-4-14/h3-10,12H,2,11H2,1H3,(H,26,28)/b27-19-. The minimum absolute atomic E-state index is 0.173. The predicted octanol–water partition coefficient (Wildman–Crippen LogP) is 6.57. The first-order chi connectivity index (χ1) is 14.8. The second-order valence-electron chi connectivity index (χ2n) is 6.27. The van der Waals surface area contributed by atoms with Crippen LogP contribution in [0.4, 0.5) is 18.3 Å². The molecule has 0 fully saturated rings. The molecule has 0 aliphatic rings. The van der Waals surface area contributed by atoms with Crippen LogP contribution in [-0.2, 0) is 0 Å². The maximum absolute atomic E-state index is 13.4. The number of aromatic nitrogens is 1. The van der Waals surface area contributed by atoms with Crippen LogP contribution in [0.3, 0.4) is 0 Å². The van der Waals surface area contributed by atoms with Crippen molar-refractivity contribution in [1.82, 2.24) is 4.98 Å². The minimum atomic E-state index is -4.76. The Morgan fingerprint density at radius 3 is 2.45 bits per heavy atom. The molecule has 1 N–H and O–H groups in total. The van der Waals surface area contributed by atoms with Crippen molar-refractivity contribution < 1.29 is 22.7 Å². The molecule has 0 spiro atoms. The first-order valence-corrected chi connectivity index (χ1v) is 10.8. The Morgan fingerprint density at radius 2 is 1.84 bits per heavy atom. The van der Waals surface area contributed by atoms with Gasteiger partial charge in [0.1, 0.15) is 11.5 Å². The molecule has 162 valence electrons. The summed E-state index contributed by atoms with van der Waals surface area (Å²) in [5, 5.41) is 5.32. The third-order valence-corrected chi connectivity index (χ3v) is 5.35. The van der Waals surface area contributed by atoms with Crippen molar-refractivity contribution in [3.05, 3.63) is 63.9 Å². The molecule has 0 saturated heterocycles. The summed E-state index contributed by atoms with van der Waals surface area (Å²) < 4.78 is 46.2. The van der Waals surface area contributed by atoms with Gasteiger partial charge in [0.25, 0.3) is 0 Å². The van der Waals surface area contributed by atoms with E-state index in [1.54, 1.807) is 29.6 Å². The summed E-state index contributed by atoms with van der Waals surface area (Å²) in [5.74, 6) is 0.0364. The van der Waals surface area contributed by atoms with Crippen LogP contribution in [0.25, 0.3) is 11.3 Å². The summed E-state index contributed by atoms with van der Waals surface area (Å²) in [6.45, 7) is 2.43. The molecule has 3 aromatic rings. The zero-order chi connectivity index (χ0) is 22.4. The molecule has 0 unspecified atom stereocenters. The number of hydrazone groups is 1. The van der Waals surface area contributed by atoms with Crippen LogP contribution < -0.4 is 10.2 Å². The van der Waals surface area contributed by atoms with E-state index in [1.165, 1.54) is 12.1 Å². The fourth-order valence-corrected chi connectivity index (χ4v) is 3.48. The van der Waals surface area contributed by atoms with Crippen molar-refractivity contribution in [2.24, 2.45) is 5.10 Å². The van der Waals surface area contributed by atoms with E-state index in [9.17, 15) is 18.0 Å². The average Bonchev–Trinajstić information content (AvgIpc) is 3.20. The third kappa shape index (κ3) is 6.38. The Bertz CT molecular complexity index is 1060. The summed E-state index contributed by atoms with van der Waals surface area (Å²) in [6.07, 6.45) is -5.64. The SMILES string of the molecule is CCOc1ccc(-c2csc(N/N=C(/CC(=O)c3ccc(Br)cc3)C(F)(F)F)n2)cc1. The molecule has 5 nitrogen and oxygen atoms in total. The van der Waals surface area contributed by atoms with E-state index in [2.05, 4.69) is 31.4 Å². The van der Waals surface area contributed by atoms with Crippen molar-refractivity contribution in [3.8, 4) is 17.0 Å². The number of rotatable bonds is 8. The number of alkyl halides is 3. The van der Waals surface area contributed by atoms with Crippen molar-refractivity contribution in [2.75, 3.05) is 12.0 Å². The maximum Gasteiger partial charge on any atom is 0.431 e. The summed E-state index contributed by atoms with van der Waals surface area (Å²) in [4.78, 5) is 16.5. The van der Waals surface area contributed by atoms with Crippen LogP contribution in [-0.4, -0.2) is 29.3 Å². The van der Waals surface area contributed by atoms with Crippen molar-refractivity contribution in [1.29, 1.82) is 0 Å². The number of Topliss-reactive ketones (excluding diaryl/α,β-unsaturated/α-hetero) is 1. The lowest BCUT2D eigenvalue weighted by Crippen LogP contribution is -2.27. The Morgan fingerprint density at radius 1 is 1.16 bits per heavy atom. The number of benzene rings is 2. The highest BCUT2D eigenvalue weighted by Crippen LogP contribution is 2.27. The number of nitrogens with zero attached hydrogens (tertiary/aromatic N) is 2. The van der Waals surface area contributed by atoms with Gasteiger partial charge in [-0.1, -0.05) is 28.1 Å². The molecule has 0 amide bonds. The van der Waals surface area contributed by atoms with Crippen LogP contribution in [0, 0.1) is 0 Å². The van der Waals surface area contributed by atoms with E-state index in [4.69, 9.17) is 4.74 Å². The Balaban J connectivity index is 1.72. The number of nitrogens with one attached hydrogen (secondary N) is 1. The molecular weight excluding hydrogens is 495 g/mol. The second-order valence-corrected chi connectivity index (χ2v) is 8.04. The monoisotopic (exact) mass is 511 g/mol. The lowest BCUT2D eigenvalue weighted by atomic mass is 10.1. The summed E-state index contributed by atoms with van der Waals surface area (Å²) in [6, 6.07) is 13.3. The number of anilines is 1. The van der Waals surface area contributed by atoms with Gasteiger partial charge in [-0.25, -0.2) is 4.98 Å². The van der Waals surface area contributed by atoms with Crippen LogP contribution >= 0.6 is 27.3 Å². The third-order valence-electron chi connectivity index (χ3n) is 4.07. The maximum atomic E-state index is 13.4. The topological polar surface area (TPSA) is 63.6 Å². The number of ether oxygens (including phenoxy) is 1. The first-order valence-electron chi connectivity index (χ1n) is 9.13. The number of carbonyl (C=O) groups excluding carboxylic acids is 1. The smallest absolute Gasteiger partial charge is 0.431 e. The van der Waals surface area contributed by atoms with Crippen molar-refractivity contribution in [3.63, 3.8) is 0 Å². The number of hydrogen-bond acceptors (Lipinski definition) is 6. The van der Waals surface area contributed by atoms with Crippen LogP contribution in [0.15, 0.2) is 63.5 Å². The molecule has 2 aromatic carbocycles. The molecule has 3 rings (SSSR count). The Labute approximate surface area is 189 Å². The molecule has 10 heteroatoms. The van der Waals surface area contributed by atoms with Gasteiger partial charge in [-0.3, -0.25) is 10.2 Å². The Hall–Kier alpha value is -2.72. The number of carbonyl (C=O) groups is 1. The molecule has 0 saturated carbocycles. The van der Waals surface area contributed by atoms with Gasteiger partial charge in [0, 0.05) is 21.0 Å². The van der Waals surface area contributed by atoms with Gasteiger partial charge in [-0.2, -0.15) is 18.3 Å². The molecule has 0 radical (unpaired) electrons. The average molecular weight is 512 g/mol. The highest BCUT2D eigenvalue weighted by molar-refractivity contribution is 9.10. The zero-order valence-corrected chi connectivity index (χ0v) is 18.6.